The molecule has 0 aliphatic carbocycles. The fourth-order valence-corrected chi connectivity index (χ4v) is 0.981. The van der Waals surface area contributed by atoms with Gasteiger partial charge in [0.25, 0.3) is 0 Å². The molecular weight excluding hydrogens is 178 g/mol. The number of aliphatic hydroxyl groups excluding tert-OH is 1. The first-order valence-electron chi connectivity index (χ1n) is 3.76. The first-order chi connectivity index (χ1) is 6.04. The highest BCUT2D eigenvalue weighted by Crippen LogP contribution is 2.19. The summed E-state index contributed by atoms with van der Waals surface area (Å²) in [5.74, 6) is -1.68. The number of nitrogens with zero attached hydrogens (tertiary/aromatic N) is 1. The van der Waals surface area contributed by atoms with Crippen molar-refractivity contribution in [2.24, 2.45) is 5.73 Å². The molecule has 0 saturated heterocycles. The van der Waals surface area contributed by atoms with Crippen LogP contribution >= 0.6 is 0 Å². The molecule has 1 heterocycles. The third kappa shape index (κ3) is 1.99. The number of pyridine rings is 1. The van der Waals surface area contributed by atoms with Crippen LogP contribution in [0, 0.1) is 11.6 Å². The van der Waals surface area contributed by atoms with E-state index in [-0.39, 0.29) is 5.56 Å². The minimum atomic E-state index is -1.07. The molecule has 5 heteroatoms. The van der Waals surface area contributed by atoms with Crippen molar-refractivity contribution < 1.29 is 13.9 Å². The van der Waals surface area contributed by atoms with Crippen LogP contribution in [0.25, 0.3) is 0 Å². The Morgan fingerprint density at radius 1 is 1.38 bits per heavy atom. The SMILES string of the molecule is C[C@H](O)[C@@H](N)c1c(F)cncc1F. The molecule has 1 aromatic heterocycles. The quantitative estimate of drug-likeness (QED) is 0.719. The summed E-state index contributed by atoms with van der Waals surface area (Å²) in [6.45, 7) is 1.37. The van der Waals surface area contributed by atoms with Crippen molar-refractivity contribution in [3.05, 3.63) is 29.6 Å². The van der Waals surface area contributed by atoms with Crippen LogP contribution in [-0.4, -0.2) is 16.2 Å². The molecule has 0 aliphatic rings. The molecule has 0 bridgehead atoms. The van der Waals surface area contributed by atoms with Crippen LogP contribution in [0.5, 0.6) is 0 Å². The monoisotopic (exact) mass is 188 g/mol. The first-order valence-corrected chi connectivity index (χ1v) is 3.76. The minimum Gasteiger partial charge on any atom is -0.391 e. The molecule has 2 atom stereocenters. The van der Waals surface area contributed by atoms with Gasteiger partial charge in [-0.05, 0) is 6.92 Å². The number of rotatable bonds is 2. The molecule has 0 saturated carbocycles. The van der Waals surface area contributed by atoms with Crippen molar-refractivity contribution in [2.75, 3.05) is 0 Å². The minimum absolute atomic E-state index is 0.329. The third-order valence-electron chi connectivity index (χ3n) is 1.74. The zero-order valence-electron chi connectivity index (χ0n) is 7.04. The average Bonchev–Trinajstić information content (AvgIpc) is 2.03. The van der Waals surface area contributed by atoms with Gasteiger partial charge in [-0.2, -0.15) is 0 Å². The lowest BCUT2D eigenvalue weighted by Gasteiger charge is -2.15. The Kier molecular flexibility index (Phi) is 2.90. The van der Waals surface area contributed by atoms with Gasteiger partial charge in [0.05, 0.1) is 24.5 Å². The second-order valence-electron chi connectivity index (χ2n) is 2.78. The molecule has 1 rings (SSSR count). The highest BCUT2D eigenvalue weighted by Gasteiger charge is 2.20. The molecule has 0 amide bonds. The van der Waals surface area contributed by atoms with Gasteiger partial charge in [-0.25, -0.2) is 8.78 Å². The van der Waals surface area contributed by atoms with E-state index in [4.69, 9.17) is 10.8 Å². The molecule has 0 spiro atoms. The maximum Gasteiger partial charge on any atom is 0.149 e. The molecule has 3 N–H and O–H groups in total. The zero-order valence-corrected chi connectivity index (χ0v) is 7.04. The summed E-state index contributed by atoms with van der Waals surface area (Å²) in [5, 5.41) is 9.04. The number of aromatic nitrogens is 1. The summed E-state index contributed by atoms with van der Waals surface area (Å²) in [7, 11) is 0. The van der Waals surface area contributed by atoms with Gasteiger partial charge in [-0.1, -0.05) is 0 Å². The molecular formula is C8H10F2N2O. The largest absolute Gasteiger partial charge is 0.391 e. The number of aliphatic hydroxyl groups is 1. The topological polar surface area (TPSA) is 59.1 Å². The molecule has 0 radical (unpaired) electrons. The highest BCUT2D eigenvalue weighted by atomic mass is 19.1. The number of hydrogen-bond donors (Lipinski definition) is 2. The molecule has 13 heavy (non-hydrogen) atoms. The molecule has 72 valence electrons. The summed E-state index contributed by atoms with van der Waals surface area (Å²) in [4.78, 5) is 3.30. The molecule has 0 unspecified atom stereocenters. The van der Waals surface area contributed by atoms with Crippen molar-refractivity contribution in [1.82, 2.24) is 4.98 Å². The smallest absolute Gasteiger partial charge is 0.149 e. The summed E-state index contributed by atoms with van der Waals surface area (Å²) in [5.41, 5.74) is 5.05. The van der Waals surface area contributed by atoms with Gasteiger partial charge >= 0.3 is 0 Å². The van der Waals surface area contributed by atoms with E-state index >= 15 is 0 Å². The van der Waals surface area contributed by atoms with E-state index in [0.717, 1.165) is 12.4 Å². The standard InChI is InChI=1S/C8H10F2N2O/c1-4(13)8(11)7-5(9)2-12-3-6(7)10/h2-4,8,13H,11H2,1H3/t4-,8+/m0/s1. The fraction of sp³-hybridized carbons (Fsp3) is 0.375. The number of nitrogens with two attached hydrogens (primary N) is 1. The van der Waals surface area contributed by atoms with Gasteiger partial charge in [0.15, 0.2) is 0 Å². The lowest BCUT2D eigenvalue weighted by atomic mass is 10.0. The van der Waals surface area contributed by atoms with Gasteiger partial charge in [0.1, 0.15) is 11.6 Å². The lowest BCUT2D eigenvalue weighted by Crippen LogP contribution is -2.25. The average molecular weight is 188 g/mol. The molecule has 3 nitrogen and oxygen atoms in total. The van der Waals surface area contributed by atoms with Crippen LogP contribution in [0.4, 0.5) is 8.78 Å². The Balaban J connectivity index is 3.12. The highest BCUT2D eigenvalue weighted by molar-refractivity contribution is 5.20. The van der Waals surface area contributed by atoms with Crippen molar-refractivity contribution in [1.29, 1.82) is 0 Å². The maximum absolute atomic E-state index is 13.0. The Hall–Kier alpha value is -1.07. The first kappa shape index (κ1) is 10.0. The van der Waals surface area contributed by atoms with E-state index in [9.17, 15) is 8.78 Å². The Morgan fingerprint density at radius 3 is 2.23 bits per heavy atom. The summed E-state index contributed by atoms with van der Waals surface area (Å²) in [6.07, 6.45) is 0.716. The number of hydrogen-bond acceptors (Lipinski definition) is 3. The van der Waals surface area contributed by atoms with Crippen molar-refractivity contribution >= 4 is 0 Å². The predicted molar refractivity (Wildman–Crippen MR) is 42.8 cm³/mol. The van der Waals surface area contributed by atoms with Crippen molar-refractivity contribution in [2.45, 2.75) is 19.1 Å². The van der Waals surface area contributed by atoms with Crippen LogP contribution in [0.15, 0.2) is 12.4 Å². The molecule has 1 aromatic rings. The fourth-order valence-electron chi connectivity index (χ4n) is 0.981. The van der Waals surface area contributed by atoms with Crippen LogP contribution < -0.4 is 5.73 Å². The van der Waals surface area contributed by atoms with Gasteiger partial charge in [-0.15, -0.1) is 0 Å². The van der Waals surface area contributed by atoms with E-state index in [2.05, 4.69) is 4.98 Å². The van der Waals surface area contributed by atoms with Gasteiger partial charge in [0.2, 0.25) is 0 Å². The predicted octanol–water partition coefficient (Wildman–Crippen LogP) is 0.740. The van der Waals surface area contributed by atoms with Crippen LogP contribution in [0.1, 0.15) is 18.5 Å². The van der Waals surface area contributed by atoms with Crippen molar-refractivity contribution in [3.63, 3.8) is 0 Å². The van der Waals surface area contributed by atoms with E-state index in [1.54, 1.807) is 0 Å². The van der Waals surface area contributed by atoms with E-state index < -0.39 is 23.8 Å². The molecule has 0 fully saturated rings. The molecule has 0 aromatic carbocycles. The second kappa shape index (κ2) is 3.76. The lowest BCUT2D eigenvalue weighted by molar-refractivity contribution is 0.160. The third-order valence-corrected chi connectivity index (χ3v) is 1.74. The molecule has 0 aliphatic heterocycles. The normalized spacial score (nSPS) is 15.5. The van der Waals surface area contributed by atoms with Crippen LogP contribution in [0.2, 0.25) is 0 Å². The maximum atomic E-state index is 13.0. The number of halogens is 2. The van der Waals surface area contributed by atoms with Crippen molar-refractivity contribution in [3.8, 4) is 0 Å². The van der Waals surface area contributed by atoms with E-state index in [1.165, 1.54) is 6.92 Å². The second-order valence-corrected chi connectivity index (χ2v) is 2.78. The van der Waals surface area contributed by atoms with E-state index in [0.29, 0.717) is 0 Å². The van der Waals surface area contributed by atoms with E-state index in [1.807, 2.05) is 0 Å². The summed E-state index contributed by atoms with van der Waals surface area (Å²) in [6, 6.07) is -1.07. The van der Waals surface area contributed by atoms with Gasteiger partial charge < -0.3 is 10.8 Å². The van der Waals surface area contributed by atoms with Gasteiger partial charge in [-0.3, -0.25) is 4.98 Å². The Labute approximate surface area is 74.2 Å². The summed E-state index contributed by atoms with van der Waals surface area (Å²) < 4.78 is 25.9. The summed E-state index contributed by atoms with van der Waals surface area (Å²) >= 11 is 0. The Morgan fingerprint density at radius 2 is 1.85 bits per heavy atom. The zero-order chi connectivity index (χ0) is 10.0. The Bertz CT molecular complexity index is 284. The van der Waals surface area contributed by atoms with Gasteiger partial charge in [0, 0.05) is 5.56 Å². The van der Waals surface area contributed by atoms with Crippen LogP contribution in [-0.2, 0) is 0 Å². The van der Waals surface area contributed by atoms with Crippen LogP contribution in [0.3, 0.4) is 0 Å².